The molecule has 0 radical (unpaired) electrons. The highest BCUT2D eigenvalue weighted by Crippen LogP contribution is 2.25. The van der Waals surface area contributed by atoms with Crippen molar-refractivity contribution in [1.82, 2.24) is 0 Å². The quantitative estimate of drug-likeness (QED) is 0.499. The maximum absolute atomic E-state index is 12.1. The highest BCUT2D eigenvalue weighted by molar-refractivity contribution is 6.12. The highest BCUT2D eigenvalue weighted by atomic mass is 16.6. The zero-order valence-electron chi connectivity index (χ0n) is 14.9. The molecular weight excluding hydrogens is 336 g/mol. The molecule has 0 bridgehead atoms. The first-order chi connectivity index (χ1) is 13.2. The molecule has 0 saturated carbocycles. The lowest BCUT2D eigenvalue weighted by Crippen LogP contribution is -2.08. The Hall–Kier alpha value is -3.66. The SMILES string of the molecule is CN(c1ccccc1)c1ccc(/C=C2\N=C(c3ccccc3)OC2=O)cc1. The molecular formula is C23H18N2O2. The van der Waals surface area contributed by atoms with Crippen molar-refractivity contribution in [1.29, 1.82) is 0 Å². The van der Waals surface area contributed by atoms with Crippen LogP contribution in [0.2, 0.25) is 0 Å². The van der Waals surface area contributed by atoms with Crippen LogP contribution in [0.5, 0.6) is 0 Å². The number of cyclic esters (lactones) is 1. The third-order valence-corrected chi connectivity index (χ3v) is 4.37. The molecule has 27 heavy (non-hydrogen) atoms. The van der Waals surface area contributed by atoms with Gasteiger partial charge in [-0.25, -0.2) is 9.79 Å². The summed E-state index contributed by atoms with van der Waals surface area (Å²) in [6.45, 7) is 0. The molecule has 132 valence electrons. The Kier molecular flexibility index (Phi) is 4.54. The molecule has 0 fully saturated rings. The van der Waals surface area contributed by atoms with Crippen molar-refractivity contribution in [3.63, 3.8) is 0 Å². The van der Waals surface area contributed by atoms with Gasteiger partial charge < -0.3 is 9.64 Å². The van der Waals surface area contributed by atoms with Crippen LogP contribution in [-0.4, -0.2) is 18.9 Å². The summed E-state index contributed by atoms with van der Waals surface area (Å²) in [5.41, 5.74) is 4.16. The van der Waals surface area contributed by atoms with Gasteiger partial charge in [-0.05, 0) is 48.0 Å². The molecule has 1 heterocycles. The lowest BCUT2D eigenvalue weighted by molar-refractivity contribution is -0.129. The summed E-state index contributed by atoms with van der Waals surface area (Å²) >= 11 is 0. The number of aliphatic imine (C=N–C) groups is 1. The molecule has 0 atom stereocenters. The third-order valence-electron chi connectivity index (χ3n) is 4.37. The summed E-state index contributed by atoms with van der Waals surface area (Å²) < 4.78 is 5.29. The van der Waals surface area contributed by atoms with Gasteiger partial charge in [0.25, 0.3) is 0 Å². The Morgan fingerprint density at radius 3 is 2.07 bits per heavy atom. The number of carbonyl (C=O) groups is 1. The van der Waals surface area contributed by atoms with E-state index in [2.05, 4.69) is 22.0 Å². The first kappa shape index (κ1) is 16.8. The molecule has 0 saturated heterocycles. The molecule has 1 aliphatic heterocycles. The molecule has 0 aliphatic carbocycles. The third kappa shape index (κ3) is 3.65. The van der Waals surface area contributed by atoms with Crippen LogP contribution in [0.3, 0.4) is 0 Å². The van der Waals surface area contributed by atoms with E-state index in [1.807, 2.05) is 79.8 Å². The molecule has 0 N–H and O–H groups in total. The van der Waals surface area contributed by atoms with E-state index >= 15 is 0 Å². The maximum Gasteiger partial charge on any atom is 0.363 e. The summed E-state index contributed by atoms with van der Waals surface area (Å²) in [6, 6.07) is 27.5. The van der Waals surface area contributed by atoms with Crippen molar-refractivity contribution >= 4 is 29.3 Å². The van der Waals surface area contributed by atoms with Crippen LogP contribution in [0, 0.1) is 0 Å². The van der Waals surface area contributed by atoms with Crippen LogP contribution in [0.1, 0.15) is 11.1 Å². The average molecular weight is 354 g/mol. The Labute approximate surface area is 158 Å². The fourth-order valence-corrected chi connectivity index (χ4v) is 2.87. The number of ether oxygens (including phenoxy) is 1. The number of para-hydroxylation sites is 1. The van der Waals surface area contributed by atoms with Crippen LogP contribution >= 0.6 is 0 Å². The van der Waals surface area contributed by atoms with E-state index in [-0.39, 0.29) is 0 Å². The van der Waals surface area contributed by atoms with Gasteiger partial charge in [-0.2, -0.15) is 0 Å². The van der Waals surface area contributed by atoms with Gasteiger partial charge in [0.1, 0.15) is 0 Å². The monoisotopic (exact) mass is 354 g/mol. The van der Waals surface area contributed by atoms with Gasteiger partial charge in [-0.15, -0.1) is 0 Å². The van der Waals surface area contributed by atoms with E-state index in [4.69, 9.17) is 4.74 Å². The standard InChI is InChI=1S/C23H18N2O2/c1-25(19-10-6-3-7-11-19)20-14-12-17(13-15-20)16-21-23(26)27-22(24-21)18-8-4-2-5-9-18/h2-16H,1H3/b21-16-. The van der Waals surface area contributed by atoms with E-state index in [0.717, 1.165) is 22.5 Å². The summed E-state index contributed by atoms with van der Waals surface area (Å²) in [5.74, 6) is -0.0911. The second-order valence-corrected chi connectivity index (χ2v) is 6.19. The lowest BCUT2D eigenvalue weighted by atomic mass is 10.1. The van der Waals surface area contributed by atoms with Crippen LogP contribution in [0.4, 0.5) is 11.4 Å². The van der Waals surface area contributed by atoms with Crippen molar-refractivity contribution in [2.75, 3.05) is 11.9 Å². The molecule has 1 aliphatic rings. The van der Waals surface area contributed by atoms with Crippen LogP contribution in [0.25, 0.3) is 6.08 Å². The number of hydrogen-bond acceptors (Lipinski definition) is 4. The van der Waals surface area contributed by atoms with E-state index in [0.29, 0.717) is 11.6 Å². The Bertz CT molecular complexity index is 1010. The largest absolute Gasteiger partial charge is 0.402 e. The zero-order chi connectivity index (χ0) is 18.6. The molecule has 4 heteroatoms. The number of nitrogens with zero attached hydrogens (tertiary/aromatic N) is 2. The number of benzene rings is 3. The Morgan fingerprint density at radius 1 is 0.815 bits per heavy atom. The lowest BCUT2D eigenvalue weighted by Gasteiger charge is -2.19. The number of anilines is 2. The first-order valence-corrected chi connectivity index (χ1v) is 8.67. The van der Waals surface area contributed by atoms with Crippen LogP contribution in [-0.2, 0) is 9.53 Å². The normalized spacial score (nSPS) is 14.8. The van der Waals surface area contributed by atoms with Crippen molar-refractivity contribution in [3.05, 3.63) is 102 Å². The predicted molar refractivity (Wildman–Crippen MR) is 108 cm³/mol. The fraction of sp³-hybridized carbons (Fsp3) is 0.0435. The first-order valence-electron chi connectivity index (χ1n) is 8.67. The Morgan fingerprint density at radius 2 is 1.41 bits per heavy atom. The van der Waals surface area contributed by atoms with Crippen molar-refractivity contribution < 1.29 is 9.53 Å². The predicted octanol–water partition coefficient (Wildman–Crippen LogP) is 4.80. The van der Waals surface area contributed by atoms with Gasteiger partial charge >= 0.3 is 5.97 Å². The van der Waals surface area contributed by atoms with Crippen molar-refractivity contribution in [3.8, 4) is 0 Å². The number of rotatable bonds is 4. The fourth-order valence-electron chi connectivity index (χ4n) is 2.87. The zero-order valence-corrected chi connectivity index (χ0v) is 14.9. The van der Waals surface area contributed by atoms with E-state index in [1.54, 1.807) is 6.08 Å². The highest BCUT2D eigenvalue weighted by Gasteiger charge is 2.23. The van der Waals surface area contributed by atoms with E-state index < -0.39 is 5.97 Å². The number of hydrogen-bond donors (Lipinski definition) is 0. The molecule has 0 spiro atoms. The summed E-state index contributed by atoms with van der Waals surface area (Å²) in [4.78, 5) is 18.5. The molecule has 3 aromatic rings. The van der Waals surface area contributed by atoms with Crippen molar-refractivity contribution in [2.45, 2.75) is 0 Å². The maximum atomic E-state index is 12.1. The molecule has 0 aromatic heterocycles. The van der Waals surface area contributed by atoms with Gasteiger partial charge in [-0.3, -0.25) is 0 Å². The average Bonchev–Trinajstić information content (AvgIpc) is 3.10. The van der Waals surface area contributed by atoms with E-state index in [1.165, 1.54) is 0 Å². The minimum atomic E-state index is -0.431. The molecule has 4 nitrogen and oxygen atoms in total. The van der Waals surface area contributed by atoms with Crippen LogP contribution in [0.15, 0.2) is 95.6 Å². The topological polar surface area (TPSA) is 41.9 Å². The van der Waals surface area contributed by atoms with Crippen molar-refractivity contribution in [2.24, 2.45) is 4.99 Å². The smallest absolute Gasteiger partial charge is 0.363 e. The second-order valence-electron chi connectivity index (χ2n) is 6.19. The van der Waals surface area contributed by atoms with Gasteiger partial charge in [0, 0.05) is 24.0 Å². The minimum Gasteiger partial charge on any atom is -0.402 e. The van der Waals surface area contributed by atoms with E-state index in [9.17, 15) is 4.79 Å². The van der Waals surface area contributed by atoms with Gasteiger partial charge in [0.15, 0.2) is 5.70 Å². The molecule has 4 rings (SSSR count). The molecule has 0 unspecified atom stereocenters. The summed E-state index contributed by atoms with van der Waals surface area (Å²) in [5, 5.41) is 0. The second kappa shape index (κ2) is 7.30. The molecule has 0 amide bonds. The Balaban J connectivity index is 1.56. The summed E-state index contributed by atoms with van der Waals surface area (Å²) in [7, 11) is 2.02. The number of carbonyl (C=O) groups excluding carboxylic acids is 1. The number of esters is 1. The molecule has 3 aromatic carbocycles. The van der Waals surface area contributed by atoms with Crippen LogP contribution < -0.4 is 4.90 Å². The van der Waals surface area contributed by atoms with Gasteiger partial charge in [0.05, 0.1) is 0 Å². The van der Waals surface area contributed by atoms with Gasteiger partial charge in [0.2, 0.25) is 5.90 Å². The minimum absolute atomic E-state index is 0.304. The van der Waals surface area contributed by atoms with Gasteiger partial charge in [-0.1, -0.05) is 48.5 Å². The summed E-state index contributed by atoms with van der Waals surface area (Å²) in [6.07, 6.45) is 1.74.